The topological polar surface area (TPSA) is 68.9 Å². The molecule has 0 aliphatic rings. The molecule has 1 amide bonds. The van der Waals surface area contributed by atoms with Crippen LogP contribution in [-0.2, 0) is 4.79 Å². The summed E-state index contributed by atoms with van der Waals surface area (Å²) in [4.78, 5) is 21.8. The van der Waals surface area contributed by atoms with E-state index in [0.717, 1.165) is 33.8 Å². The number of hydrogen-bond donors (Lipinski definition) is 1. The molecular weight excluding hydrogens is 326 g/mol. The van der Waals surface area contributed by atoms with Gasteiger partial charge in [-0.15, -0.1) is 23.1 Å². The van der Waals surface area contributed by atoms with Crippen molar-refractivity contribution in [3.8, 4) is 10.4 Å². The molecule has 2 N–H and O–H groups in total. The molecule has 0 saturated carbocycles. The van der Waals surface area contributed by atoms with Gasteiger partial charge < -0.3 is 5.73 Å². The van der Waals surface area contributed by atoms with E-state index in [4.69, 9.17) is 5.73 Å². The van der Waals surface area contributed by atoms with Crippen LogP contribution < -0.4 is 5.73 Å². The highest BCUT2D eigenvalue weighted by Crippen LogP contribution is 2.36. The van der Waals surface area contributed by atoms with Crippen LogP contribution in [0, 0.1) is 0 Å². The van der Waals surface area contributed by atoms with Gasteiger partial charge in [0.2, 0.25) is 5.91 Å². The minimum atomic E-state index is -0.232. The van der Waals surface area contributed by atoms with Gasteiger partial charge in [0, 0.05) is 16.7 Å². The van der Waals surface area contributed by atoms with Crippen LogP contribution in [0.4, 0.5) is 0 Å². The van der Waals surface area contributed by atoms with Crippen LogP contribution in [0.15, 0.2) is 47.8 Å². The molecule has 118 valence electrons. The largest absolute Gasteiger partial charge is 0.370 e. The number of benzene rings is 1. The zero-order valence-electron chi connectivity index (χ0n) is 12.6. The predicted molar refractivity (Wildman–Crippen MR) is 96.6 cm³/mol. The number of fused-ring (bicyclic) bond motifs is 1. The average molecular weight is 343 g/mol. The van der Waals surface area contributed by atoms with Crippen molar-refractivity contribution in [3.63, 3.8) is 0 Å². The van der Waals surface area contributed by atoms with Gasteiger partial charge >= 0.3 is 0 Å². The molecule has 6 heteroatoms. The van der Waals surface area contributed by atoms with E-state index < -0.39 is 0 Å². The fourth-order valence-electron chi connectivity index (χ4n) is 2.26. The summed E-state index contributed by atoms with van der Waals surface area (Å²) in [6, 6.07) is 12.5. The van der Waals surface area contributed by atoms with Gasteiger partial charge in [-0.3, -0.25) is 4.79 Å². The first-order chi connectivity index (χ1) is 11.2. The number of carbonyl (C=O) groups excluding carboxylic acids is 1. The second kappa shape index (κ2) is 7.57. The lowest BCUT2D eigenvalue weighted by atomic mass is 10.2. The van der Waals surface area contributed by atoms with E-state index in [0.29, 0.717) is 6.42 Å². The molecule has 0 atom stereocenters. The Morgan fingerprint density at radius 2 is 2.00 bits per heavy atom. The van der Waals surface area contributed by atoms with Crippen molar-refractivity contribution in [2.45, 2.75) is 24.3 Å². The fraction of sp³-hybridized carbons (Fsp3) is 0.235. The van der Waals surface area contributed by atoms with Crippen LogP contribution in [-0.4, -0.2) is 21.6 Å². The molecule has 4 nitrogen and oxygen atoms in total. The molecule has 2 heterocycles. The van der Waals surface area contributed by atoms with E-state index in [1.807, 2.05) is 18.2 Å². The number of unbranched alkanes of at least 4 members (excludes halogenated alkanes) is 1. The van der Waals surface area contributed by atoms with Crippen molar-refractivity contribution >= 4 is 39.2 Å². The molecule has 0 aliphatic heterocycles. The summed E-state index contributed by atoms with van der Waals surface area (Å²) in [6.07, 6.45) is 3.86. The molecular formula is C17H17N3OS2. The van der Waals surface area contributed by atoms with E-state index in [-0.39, 0.29) is 5.91 Å². The SMILES string of the molecule is NC(=O)CCCCSc1ncnc2sc(-c3ccccc3)cc12. The molecule has 0 aliphatic carbocycles. The molecule has 0 fully saturated rings. The lowest BCUT2D eigenvalue weighted by Crippen LogP contribution is -2.09. The summed E-state index contributed by atoms with van der Waals surface area (Å²) >= 11 is 3.40. The lowest BCUT2D eigenvalue weighted by molar-refractivity contribution is -0.118. The van der Waals surface area contributed by atoms with Gasteiger partial charge in [-0.05, 0) is 30.2 Å². The molecule has 3 rings (SSSR count). The van der Waals surface area contributed by atoms with Gasteiger partial charge in [0.15, 0.2) is 0 Å². The smallest absolute Gasteiger partial charge is 0.217 e. The van der Waals surface area contributed by atoms with Crippen molar-refractivity contribution in [2.75, 3.05) is 5.75 Å². The molecule has 0 bridgehead atoms. The standard InChI is InChI=1S/C17H17N3OS2/c18-15(21)8-4-5-9-22-16-13-10-14(12-6-2-1-3-7-12)23-17(13)20-11-19-16/h1-3,6-7,10-11H,4-5,8-9H2,(H2,18,21). The minimum Gasteiger partial charge on any atom is -0.370 e. The number of primary amides is 1. The number of aromatic nitrogens is 2. The Labute approximate surface area is 143 Å². The van der Waals surface area contributed by atoms with Crippen molar-refractivity contribution in [1.82, 2.24) is 9.97 Å². The summed E-state index contributed by atoms with van der Waals surface area (Å²) in [6.45, 7) is 0. The maximum absolute atomic E-state index is 10.7. The highest BCUT2D eigenvalue weighted by molar-refractivity contribution is 7.99. The quantitative estimate of drug-likeness (QED) is 0.398. The average Bonchev–Trinajstić information content (AvgIpc) is 3.00. The Morgan fingerprint density at radius 1 is 1.17 bits per heavy atom. The van der Waals surface area contributed by atoms with Crippen LogP contribution in [0.5, 0.6) is 0 Å². The highest BCUT2D eigenvalue weighted by atomic mass is 32.2. The number of amides is 1. The Bertz CT molecular complexity index is 802. The highest BCUT2D eigenvalue weighted by Gasteiger charge is 2.10. The number of thioether (sulfide) groups is 1. The van der Waals surface area contributed by atoms with E-state index >= 15 is 0 Å². The number of rotatable bonds is 7. The van der Waals surface area contributed by atoms with Gasteiger partial charge in [0.05, 0.1) is 0 Å². The van der Waals surface area contributed by atoms with E-state index in [2.05, 4.69) is 28.2 Å². The minimum absolute atomic E-state index is 0.232. The van der Waals surface area contributed by atoms with Gasteiger partial charge in [0.25, 0.3) is 0 Å². The Balaban J connectivity index is 1.74. The fourth-order valence-corrected chi connectivity index (χ4v) is 4.31. The van der Waals surface area contributed by atoms with Crippen LogP contribution in [0.1, 0.15) is 19.3 Å². The van der Waals surface area contributed by atoms with Gasteiger partial charge in [-0.25, -0.2) is 9.97 Å². The second-order valence-corrected chi connectivity index (χ2v) is 7.26. The molecule has 0 saturated heterocycles. The first-order valence-electron chi connectivity index (χ1n) is 7.45. The lowest BCUT2D eigenvalue weighted by Gasteiger charge is -2.01. The van der Waals surface area contributed by atoms with Crippen molar-refractivity contribution in [3.05, 3.63) is 42.7 Å². The molecule has 0 radical (unpaired) electrons. The molecule has 3 aromatic rings. The molecule has 0 spiro atoms. The monoisotopic (exact) mass is 343 g/mol. The van der Waals surface area contributed by atoms with E-state index in [1.54, 1.807) is 29.4 Å². The van der Waals surface area contributed by atoms with Crippen molar-refractivity contribution < 1.29 is 4.79 Å². The first kappa shape index (κ1) is 16.0. The number of hydrogen-bond acceptors (Lipinski definition) is 5. The predicted octanol–water partition coefficient (Wildman–Crippen LogP) is 4.11. The Kier molecular flexibility index (Phi) is 5.25. The van der Waals surface area contributed by atoms with Crippen LogP contribution >= 0.6 is 23.1 Å². The molecule has 2 aromatic heterocycles. The third-order valence-corrected chi connectivity index (χ3v) is 5.59. The van der Waals surface area contributed by atoms with Crippen molar-refractivity contribution in [2.24, 2.45) is 5.73 Å². The van der Waals surface area contributed by atoms with Crippen LogP contribution in [0.2, 0.25) is 0 Å². The number of thiophene rings is 1. The van der Waals surface area contributed by atoms with E-state index in [9.17, 15) is 4.79 Å². The summed E-state index contributed by atoms with van der Waals surface area (Å²) in [5.74, 6) is 0.695. The maximum atomic E-state index is 10.7. The molecule has 0 unspecified atom stereocenters. The molecule has 1 aromatic carbocycles. The molecule has 23 heavy (non-hydrogen) atoms. The Hall–Kier alpha value is -1.92. The Morgan fingerprint density at radius 3 is 2.78 bits per heavy atom. The summed E-state index contributed by atoms with van der Waals surface area (Å²) < 4.78 is 0. The van der Waals surface area contributed by atoms with Gasteiger partial charge in [-0.2, -0.15) is 0 Å². The van der Waals surface area contributed by atoms with Gasteiger partial charge in [0.1, 0.15) is 16.2 Å². The maximum Gasteiger partial charge on any atom is 0.217 e. The third kappa shape index (κ3) is 4.09. The number of carbonyl (C=O) groups is 1. The zero-order valence-corrected chi connectivity index (χ0v) is 14.2. The summed E-state index contributed by atoms with van der Waals surface area (Å²) in [5.41, 5.74) is 6.36. The second-order valence-electron chi connectivity index (χ2n) is 5.15. The number of nitrogens with zero attached hydrogens (tertiary/aromatic N) is 2. The summed E-state index contributed by atoms with van der Waals surface area (Å²) in [7, 11) is 0. The van der Waals surface area contributed by atoms with Gasteiger partial charge in [-0.1, -0.05) is 30.3 Å². The third-order valence-electron chi connectivity index (χ3n) is 3.41. The van der Waals surface area contributed by atoms with E-state index in [1.165, 1.54) is 10.4 Å². The van der Waals surface area contributed by atoms with Crippen molar-refractivity contribution in [1.29, 1.82) is 0 Å². The van der Waals surface area contributed by atoms with Crippen LogP contribution in [0.25, 0.3) is 20.7 Å². The summed E-state index contributed by atoms with van der Waals surface area (Å²) in [5, 5.41) is 2.11. The van der Waals surface area contributed by atoms with Crippen LogP contribution in [0.3, 0.4) is 0 Å². The zero-order chi connectivity index (χ0) is 16.1. The first-order valence-corrected chi connectivity index (χ1v) is 9.25. The number of nitrogens with two attached hydrogens (primary N) is 1. The normalized spacial score (nSPS) is 11.0.